The summed E-state index contributed by atoms with van der Waals surface area (Å²) in [6.07, 6.45) is 0. The molecule has 1 fully saturated rings. The number of amides is 1. The highest BCUT2D eigenvalue weighted by Gasteiger charge is 2.28. The summed E-state index contributed by atoms with van der Waals surface area (Å²) in [4.78, 5) is 11.3. The molecule has 0 atom stereocenters. The molecule has 0 radical (unpaired) electrons. The first kappa shape index (κ1) is 12.1. The molecule has 1 aliphatic heterocycles. The van der Waals surface area contributed by atoms with E-state index in [-0.39, 0.29) is 0 Å². The maximum absolute atomic E-state index is 12.6. The Morgan fingerprint density at radius 3 is 2.60 bits per heavy atom. The molecule has 0 bridgehead atoms. The van der Waals surface area contributed by atoms with E-state index in [1.165, 1.54) is 0 Å². The molecule has 1 rings (SSSR count). The zero-order valence-electron chi connectivity index (χ0n) is 8.44. The molecule has 15 heavy (non-hydrogen) atoms. The molecule has 0 saturated carbocycles. The molecule has 0 spiro atoms. The molecule has 1 heterocycles. The molecule has 0 unspecified atom stereocenters. The van der Waals surface area contributed by atoms with Gasteiger partial charge >= 0.3 is 0 Å². The molecule has 1 amide bonds. The SMILES string of the molecule is CC(C(=O)NCC(F)(F)CO)=C1CNC1. The van der Waals surface area contributed by atoms with Crippen molar-refractivity contribution < 1.29 is 18.7 Å². The van der Waals surface area contributed by atoms with Crippen molar-refractivity contribution in [1.82, 2.24) is 10.6 Å². The number of hydrogen-bond donors (Lipinski definition) is 3. The van der Waals surface area contributed by atoms with Crippen molar-refractivity contribution in [3.63, 3.8) is 0 Å². The Kier molecular flexibility index (Phi) is 3.76. The summed E-state index contributed by atoms with van der Waals surface area (Å²) in [5, 5.41) is 13.3. The summed E-state index contributed by atoms with van der Waals surface area (Å²) >= 11 is 0. The number of carbonyl (C=O) groups is 1. The average molecular weight is 220 g/mol. The number of nitrogens with one attached hydrogen (secondary N) is 2. The van der Waals surface area contributed by atoms with E-state index in [0.717, 1.165) is 5.57 Å². The third-order valence-electron chi connectivity index (χ3n) is 2.29. The predicted octanol–water partition coefficient (Wildman–Crippen LogP) is -0.350. The highest BCUT2D eigenvalue weighted by Crippen LogP contribution is 2.12. The summed E-state index contributed by atoms with van der Waals surface area (Å²) in [5.41, 5.74) is 1.40. The van der Waals surface area contributed by atoms with Crippen LogP contribution in [0, 0.1) is 0 Å². The lowest BCUT2D eigenvalue weighted by molar-refractivity contribution is -0.120. The average Bonchev–Trinajstić information content (AvgIpc) is 2.11. The smallest absolute Gasteiger partial charge is 0.287 e. The lowest BCUT2D eigenvalue weighted by Crippen LogP contribution is -2.41. The van der Waals surface area contributed by atoms with Gasteiger partial charge in [-0.05, 0) is 12.5 Å². The topological polar surface area (TPSA) is 61.4 Å². The molecular weight excluding hydrogens is 206 g/mol. The Hall–Kier alpha value is -1.01. The molecule has 1 saturated heterocycles. The summed E-state index contributed by atoms with van der Waals surface area (Å²) in [6, 6.07) is 0. The van der Waals surface area contributed by atoms with Crippen molar-refractivity contribution in [3.8, 4) is 0 Å². The second-order valence-electron chi connectivity index (χ2n) is 3.53. The molecule has 0 aromatic rings. The number of aliphatic hydroxyl groups excluding tert-OH is 1. The third-order valence-corrected chi connectivity index (χ3v) is 2.29. The number of hydrogen-bond acceptors (Lipinski definition) is 3. The first-order valence-electron chi connectivity index (χ1n) is 4.62. The highest BCUT2D eigenvalue weighted by atomic mass is 19.3. The van der Waals surface area contributed by atoms with Crippen LogP contribution >= 0.6 is 0 Å². The minimum atomic E-state index is -3.25. The van der Waals surface area contributed by atoms with Gasteiger partial charge in [0.25, 0.3) is 5.92 Å². The zero-order valence-corrected chi connectivity index (χ0v) is 8.44. The molecule has 0 aliphatic carbocycles. The third kappa shape index (κ3) is 3.24. The van der Waals surface area contributed by atoms with Gasteiger partial charge in [-0.2, -0.15) is 0 Å². The summed E-state index contributed by atoms with van der Waals surface area (Å²) in [6.45, 7) is 0.777. The molecule has 0 aromatic heterocycles. The standard InChI is InChI=1S/C9H14F2N2O2/c1-6(7-2-12-3-7)8(15)13-4-9(10,11)5-14/h12,14H,2-5H2,1H3,(H,13,15). The molecule has 0 aromatic carbocycles. The Labute approximate surface area is 86.3 Å². The molecule has 1 aliphatic rings. The number of rotatable bonds is 4. The molecule has 6 heteroatoms. The van der Waals surface area contributed by atoms with E-state index in [9.17, 15) is 13.6 Å². The number of carbonyl (C=O) groups excluding carboxylic acids is 1. The van der Waals surface area contributed by atoms with Gasteiger partial charge in [0, 0.05) is 18.7 Å². The van der Waals surface area contributed by atoms with Crippen LogP contribution in [0.15, 0.2) is 11.1 Å². The van der Waals surface area contributed by atoms with Crippen LogP contribution in [0.1, 0.15) is 6.92 Å². The normalized spacial score (nSPS) is 15.9. The molecule has 4 nitrogen and oxygen atoms in total. The van der Waals surface area contributed by atoms with Crippen LogP contribution in [0.25, 0.3) is 0 Å². The van der Waals surface area contributed by atoms with Gasteiger partial charge in [-0.1, -0.05) is 0 Å². The van der Waals surface area contributed by atoms with Gasteiger partial charge in [0.1, 0.15) is 6.61 Å². The Balaban J connectivity index is 2.43. The van der Waals surface area contributed by atoms with Crippen LogP contribution in [0.4, 0.5) is 8.78 Å². The van der Waals surface area contributed by atoms with E-state index in [4.69, 9.17) is 5.11 Å². The number of aliphatic hydroxyl groups is 1. The van der Waals surface area contributed by atoms with Gasteiger partial charge < -0.3 is 15.7 Å². The summed E-state index contributed by atoms with van der Waals surface area (Å²) in [5.74, 6) is -3.75. The van der Waals surface area contributed by atoms with Gasteiger partial charge in [-0.3, -0.25) is 4.79 Å². The lowest BCUT2D eigenvalue weighted by atomic mass is 10.0. The first-order valence-corrected chi connectivity index (χ1v) is 4.62. The van der Waals surface area contributed by atoms with Crippen molar-refractivity contribution in [2.75, 3.05) is 26.2 Å². The van der Waals surface area contributed by atoms with E-state index < -0.39 is 25.0 Å². The molecule has 86 valence electrons. The van der Waals surface area contributed by atoms with Crippen LogP contribution in [0.2, 0.25) is 0 Å². The van der Waals surface area contributed by atoms with Crippen molar-refractivity contribution in [2.24, 2.45) is 0 Å². The first-order chi connectivity index (χ1) is 6.96. The monoisotopic (exact) mass is 220 g/mol. The fourth-order valence-electron chi connectivity index (χ4n) is 1.07. The fraction of sp³-hybridized carbons (Fsp3) is 0.667. The van der Waals surface area contributed by atoms with E-state index in [0.29, 0.717) is 18.7 Å². The van der Waals surface area contributed by atoms with Gasteiger partial charge in [-0.15, -0.1) is 0 Å². The lowest BCUT2D eigenvalue weighted by Gasteiger charge is -2.22. The van der Waals surface area contributed by atoms with E-state index >= 15 is 0 Å². The van der Waals surface area contributed by atoms with Crippen molar-refractivity contribution >= 4 is 5.91 Å². The minimum Gasteiger partial charge on any atom is -0.390 e. The highest BCUT2D eigenvalue weighted by molar-refractivity contribution is 5.94. The van der Waals surface area contributed by atoms with E-state index in [2.05, 4.69) is 10.6 Å². The fourth-order valence-corrected chi connectivity index (χ4v) is 1.07. The van der Waals surface area contributed by atoms with Crippen molar-refractivity contribution in [2.45, 2.75) is 12.8 Å². The number of halogens is 2. The van der Waals surface area contributed by atoms with Crippen LogP contribution < -0.4 is 10.6 Å². The maximum atomic E-state index is 12.6. The van der Waals surface area contributed by atoms with Crippen LogP contribution in [-0.4, -0.2) is 43.2 Å². The zero-order chi connectivity index (χ0) is 11.5. The van der Waals surface area contributed by atoms with Gasteiger partial charge in [-0.25, -0.2) is 8.78 Å². The Morgan fingerprint density at radius 1 is 1.60 bits per heavy atom. The molecular formula is C9H14F2N2O2. The van der Waals surface area contributed by atoms with E-state index in [1.807, 2.05) is 0 Å². The number of alkyl halides is 2. The van der Waals surface area contributed by atoms with Gasteiger partial charge in [0.05, 0.1) is 6.54 Å². The summed E-state index contributed by atoms with van der Waals surface area (Å²) < 4.78 is 25.2. The van der Waals surface area contributed by atoms with E-state index in [1.54, 1.807) is 6.92 Å². The second-order valence-corrected chi connectivity index (χ2v) is 3.53. The largest absolute Gasteiger partial charge is 0.390 e. The van der Waals surface area contributed by atoms with Crippen molar-refractivity contribution in [1.29, 1.82) is 0 Å². The predicted molar refractivity (Wildman–Crippen MR) is 50.6 cm³/mol. The minimum absolute atomic E-state index is 0.475. The van der Waals surface area contributed by atoms with Crippen LogP contribution in [-0.2, 0) is 4.79 Å². The van der Waals surface area contributed by atoms with Crippen molar-refractivity contribution in [3.05, 3.63) is 11.1 Å². The van der Waals surface area contributed by atoms with Gasteiger partial charge in [0.15, 0.2) is 0 Å². The second kappa shape index (κ2) is 4.67. The Bertz CT molecular complexity index is 284. The quantitative estimate of drug-likeness (QED) is 0.567. The summed E-state index contributed by atoms with van der Waals surface area (Å²) in [7, 11) is 0. The van der Waals surface area contributed by atoms with Crippen LogP contribution in [0.5, 0.6) is 0 Å². The van der Waals surface area contributed by atoms with Gasteiger partial charge in [0.2, 0.25) is 5.91 Å². The Morgan fingerprint density at radius 2 is 2.20 bits per heavy atom. The van der Waals surface area contributed by atoms with Crippen LogP contribution in [0.3, 0.4) is 0 Å². The maximum Gasteiger partial charge on any atom is 0.287 e. The molecule has 3 N–H and O–H groups in total.